The summed E-state index contributed by atoms with van der Waals surface area (Å²) < 4.78 is 4.40. The lowest BCUT2D eigenvalue weighted by Crippen LogP contribution is -2.03. The van der Waals surface area contributed by atoms with Gasteiger partial charge in [-0.2, -0.15) is 0 Å². The molecule has 0 aliphatic rings. The van der Waals surface area contributed by atoms with Crippen molar-refractivity contribution in [3.8, 4) is 73.4 Å². The molecule has 11 rings (SSSR count). The van der Waals surface area contributed by atoms with E-state index in [1.54, 1.807) is 0 Å². The van der Waals surface area contributed by atoms with Gasteiger partial charge in [0.25, 0.3) is 0 Å². The first-order chi connectivity index (χ1) is 28.8. The highest BCUT2D eigenvalue weighted by atomic mass is 15.1. The lowest BCUT2D eigenvalue weighted by atomic mass is 9.99. The molecule has 0 N–H and O–H groups in total. The van der Waals surface area contributed by atoms with E-state index in [0.717, 1.165) is 95.1 Å². The van der Waals surface area contributed by atoms with E-state index in [1.807, 2.05) is 42.6 Å². The molecule has 4 heterocycles. The van der Waals surface area contributed by atoms with Crippen molar-refractivity contribution in [2.45, 2.75) is 0 Å². The number of pyridine rings is 1. The van der Waals surface area contributed by atoms with Gasteiger partial charge in [-0.15, -0.1) is 0 Å². The third kappa shape index (κ3) is 5.66. The lowest BCUT2D eigenvalue weighted by molar-refractivity contribution is 1.05. The van der Waals surface area contributed by atoms with E-state index >= 15 is 0 Å². The Morgan fingerprint density at radius 3 is 1.66 bits per heavy atom. The molecule has 6 nitrogen and oxygen atoms in total. The van der Waals surface area contributed by atoms with E-state index in [2.05, 4.69) is 173 Å². The molecule has 0 unspecified atom stereocenters. The molecule has 0 atom stereocenters. The molecule has 0 fully saturated rings. The van der Waals surface area contributed by atoms with Crippen LogP contribution in [-0.2, 0) is 0 Å². The van der Waals surface area contributed by atoms with Gasteiger partial charge in [0.05, 0.1) is 5.69 Å². The van der Waals surface area contributed by atoms with Crippen LogP contribution in [0.15, 0.2) is 206 Å². The lowest BCUT2D eigenvalue weighted by Gasteiger charge is -2.13. The van der Waals surface area contributed by atoms with Crippen molar-refractivity contribution in [1.29, 1.82) is 0 Å². The highest BCUT2D eigenvalue weighted by molar-refractivity contribution is 6.06. The smallest absolute Gasteiger partial charge is 0.165 e. The van der Waals surface area contributed by atoms with E-state index < -0.39 is 0 Å². The van der Waals surface area contributed by atoms with Gasteiger partial charge in [-0.1, -0.05) is 176 Å². The molecule has 6 heteroatoms. The third-order valence-corrected chi connectivity index (χ3v) is 10.8. The Morgan fingerprint density at radius 1 is 0.362 bits per heavy atom. The molecule has 0 spiro atoms. The standard InChI is InChI=1S/C52H34N6/c1-5-16-36(17-6-1)43-32-33-53-52-46(43)54-49(57(52)42-24-11-4-12-25-42)39-30-28-35(29-31-39)40-22-15-23-41(34-40)47-44-26-13-14-27-45(44)51-56-48(37-18-7-2-8-19-37)55-50(58(47)51)38-20-9-3-10-21-38/h1-34H. The molecule has 0 bridgehead atoms. The van der Waals surface area contributed by atoms with Crippen molar-refractivity contribution in [3.05, 3.63) is 206 Å². The topological polar surface area (TPSA) is 60.9 Å². The maximum Gasteiger partial charge on any atom is 0.165 e. The molecule has 0 saturated carbocycles. The van der Waals surface area contributed by atoms with Crippen LogP contribution in [0.3, 0.4) is 0 Å². The van der Waals surface area contributed by atoms with Crippen molar-refractivity contribution in [3.63, 3.8) is 0 Å². The summed E-state index contributed by atoms with van der Waals surface area (Å²) >= 11 is 0. The maximum absolute atomic E-state index is 5.29. The Balaban J connectivity index is 1.05. The zero-order valence-corrected chi connectivity index (χ0v) is 31.3. The van der Waals surface area contributed by atoms with Crippen LogP contribution in [-0.4, -0.2) is 28.9 Å². The molecule has 0 saturated heterocycles. The minimum absolute atomic E-state index is 0.698. The van der Waals surface area contributed by atoms with Crippen LogP contribution >= 0.6 is 0 Å². The van der Waals surface area contributed by atoms with Crippen molar-refractivity contribution >= 4 is 27.6 Å². The van der Waals surface area contributed by atoms with Crippen LogP contribution in [0.25, 0.3) is 101 Å². The Hall–Kier alpha value is -7.96. The zero-order chi connectivity index (χ0) is 38.4. The number of rotatable bonds is 7. The average molecular weight is 743 g/mol. The number of para-hydroxylation sites is 1. The van der Waals surface area contributed by atoms with Crippen molar-refractivity contribution in [2.75, 3.05) is 0 Å². The fraction of sp³-hybridized carbons (Fsp3) is 0. The fourth-order valence-corrected chi connectivity index (χ4v) is 8.10. The molecule has 58 heavy (non-hydrogen) atoms. The second-order valence-electron chi connectivity index (χ2n) is 14.3. The summed E-state index contributed by atoms with van der Waals surface area (Å²) in [4.78, 5) is 20.6. The van der Waals surface area contributed by atoms with Crippen molar-refractivity contribution in [2.24, 2.45) is 0 Å². The van der Waals surface area contributed by atoms with Gasteiger partial charge in [-0.05, 0) is 46.5 Å². The van der Waals surface area contributed by atoms with Gasteiger partial charge in [0.15, 0.2) is 11.5 Å². The maximum atomic E-state index is 5.29. The highest BCUT2D eigenvalue weighted by Gasteiger charge is 2.22. The summed E-state index contributed by atoms with van der Waals surface area (Å²) in [6, 6.07) is 69.4. The van der Waals surface area contributed by atoms with E-state index in [-0.39, 0.29) is 0 Å². The predicted octanol–water partition coefficient (Wildman–Crippen LogP) is 12.6. The second-order valence-corrected chi connectivity index (χ2v) is 14.3. The van der Waals surface area contributed by atoms with Crippen molar-refractivity contribution < 1.29 is 0 Å². The molecule has 11 aromatic rings. The SMILES string of the molecule is c1ccc(-c2nc(-c3ccccc3)n3c(-c4cccc(-c5ccc(-c6nc7c(-c8ccccc8)ccnc7n6-c6ccccc6)cc5)c4)c4ccccc4c3n2)cc1. The molecule has 7 aromatic carbocycles. The van der Waals surface area contributed by atoms with Crippen molar-refractivity contribution in [1.82, 2.24) is 28.9 Å². The predicted molar refractivity (Wildman–Crippen MR) is 236 cm³/mol. The van der Waals surface area contributed by atoms with Crippen LogP contribution in [0.2, 0.25) is 0 Å². The molecule has 0 radical (unpaired) electrons. The van der Waals surface area contributed by atoms with Gasteiger partial charge in [0, 0.05) is 44.9 Å². The Kier molecular flexibility index (Phi) is 8.04. The number of benzene rings is 7. The third-order valence-electron chi connectivity index (χ3n) is 10.8. The Morgan fingerprint density at radius 2 is 0.931 bits per heavy atom. The quantitative estimate of drug-likeness (QED) is 0.163. The number of hydrogen-bond donors (Lipinski definition) is 0. The Bertz CT molecular complexity index is 3240. The summed E-state index contributed by atoms with van der Waals surface area (Å²) in [7, 11) is 0. The Labute approximate surface area is 335 Å². The minimum Gasteiger partial charge on any atom is -0.277 e. The van der Waals surface area contributed by atoms with E-state index in [1.165, 1.54) is 0 Å². The van der Waals surface area contributed by atoms with Gasteiger partial charge >= 0.3 is 0 Å². The van der Waals surface area contributed by atoms with Crippen LogP contribution < -0.4 is 0 Å². The summed E-state index contributed by atoms with van der Waals surface area (Å²) in [5.74, 6) is 2.38. The molecule has 0 amide bonds. The largest absolute Gasteiger partial charge is 0.277 e. The van der Waals surface area contributed by atoms with Gasteiger partial charge in [-0.3, -0.25) is 8.97 Å². The molecule has 0 aliphatic carbocycles. The van der Waals surface area contributed by atoms with Gasteiger partial charge in [0.1, 0.15) is 22.8 Å². The summed E-state index contributed by atoms with van der Waals surface area (Å²) in [6.45, 7) is 0. The summed E-state index contributed by atoms with van der Waals surface area (Å²) in [6.07, 6.45) is 1.88. The second kappa shape index (κ2) is 14.0. The van der Waals surface area contributed by atoms with Crippen LogP contribution in [0.5, 0.6) is 0 Å². The summed E-state index contributed by atoms with van der Waals surface area (Å²) in [5.41, 5.74) is 13.1. The zero-order valence-electron chi connectivity index (χ0n) is 31.3. The van der Waals surface area contributed by atoms with Gasteiger partial charge in [0.2, 0.25) is 0 Å². The average Bonchev–Trinajstić information content (AvgIpc) is 3.87. The van der Waals surface area contributed by atoms with E-state index in [0.29, 0.717) is 5.82 Å². The monoisotopic (exact) mass is 742 g/mol. The molecular formula is C52H34N6. The van der Waals surface area contributed by atoms with Crippen LogP contribution in [0.4, 0.5) is 0 Å². The normalized spacial score (nSPS) is 11.4. The van der Waals surface area contributed by atoms with Crippen LogP contribution in [0, 0.1) is 0 Å². The first-order valence-corrected chi connectivity index (χ1v) is 19.4. The number of aromatic nitrogens is 6. The van der Waals surface area contributed by atoms with E-state index in [4.69, 9.17) is 19.9 Å². The molecular weight excluding hydrogens is 709 g/mol. The highest BCUT2D eigenvalue weighted by Crippen LogP contribution is 2.39. The van der Waals surface area contributed by atoms with Gasteiger partial charge in [-0.25, -0.2) is 19.9 Å². The fourth-order valence-electron chi connectivity index (χ4n) is 8.10. The number of imidazole rings is 1. The molecule has 4 aromatic heterocycles. The molecule has 272 valence electrons. The first-order valence-electron chi connectivity index (χ1n) is 19.4. The minimum atomic E-state index is 0.698. The molecule has 0 aliphatic heterocycles. The summed E-state index contributed by atoms with van der Waals surface area (Å²) in [5, 5.41) is 2.20. The number of nitrogens with zero attached hydrogens (tertiary/aromatic N) is 6. The first kappa shape index (κ1) is 33.4. The number of hydrogen-bond acceptors (Lipinski definition) is 4. The van der Waals surface area contributed by atoms with Gasteiger partial charge < -0.3 is 0 Å². The van der Waals surface area contributed by atoms with Crippen LogP contribution in [0.1, 0.15) is 0 Å². The number of fused-ring (bicyclic) bond motifs is 4. The van der Waals surface area contributed by atoms with E-state index in [9.17, 15) is 0 Å².